The highest BCUT2D eigenvalue weighted by Crippen LogP contribution is 2.41. The molecule has 3 N–H and O–H groups in total. The number of carbonyl (C=O) groups is 1. The molecule has 3 nitrogen and oxygen atoms in total. The van der Waals surface area contributed by atoms with Crippen molar-refractivity contribution in [1.29, 1.82) is 0 Å². The Kier molecular flexibility index (Phi) is 3.29. The van der Waals surface area contributed by atoms with Gasteiger partial charge in [-0.05, 0) is 44.7 Å². The highest BCUT2D eigenvalue weighted by atomic mass is 79.9. The fourth-order valence-corrected chi connectivity index (χ4v) is 4.31. The molecule has 1 aromatic heterocycles. The van der Waals surface area contributed by atoms with E-state index in [1.54, 1.807) is 0 Å². The molecule has 0 bridgehead atoms. The van der Waals surface area contributed by atoms with Gasteiger partial charge in [0, 0.05) is 20.1 Å². The number of carbonyl (C=O) groups excluding carboxylic acids is 1. The number of thiophene rings is 1. The molecule has 1 aromatic carbocycles. The van der Waals surface area contributed by atoms with Gasteiger partial charge in [0.25, 0.3) is 5.91 Å². The Morgan fingerprint density at radius 1 is 1.45 bits per heavy atom. The lowest BCUT2D eigenvalue weighted by atomic mass is 9.98. The van der Waals surface area contributed by atoms with Gasteiger partial charge >= 0.3 is 0 Å². The summed E-state index contributed by atoms with van der Waals surface area (Å²) in [6, 6.07) is 5.89. The Morgan fingerprint density at radius 2 is 2.15 bits per heavy atom. The quantitative estimate of drug-likeness (QED) is 0.870. The molecule has 0 aliphatic heterocycles. The Bertz CT molecular complexity index is 688. The van der Waals surface area contributed by atoms with Crippen molar-refractivity contribution in [2.24, 2.45) is 5.92 Å². The van der Waals surface area contributed by atoms with E-state index in [1.807, 2.05) is 18.2 Å². The second kappa shape index (κ2) is 4.74. The van der Waals surface area contributed by atoms with Gasteiger partial charge in [0.15, 0.2) is 0 Å². The van der Waals surface area contributed by atoms with E-state index >= 15 is 0 Å². The molecule has 0 atom stereocenters. The third-order valence-electron chi connectivity index (χ3n) is 3.94. The van der Waals surface area contributed by atoms with Gasteiger partial charge in [-0.15, -0.1) is 11.3 Å². The third kappa shape index (κ3) is 2.33. The highest BCUT2D eigenvalue weighted by Gasteiger charge is 2.39. The minimum absolute atomic E-state index is 0.0625. The Morgan fingerprint density at radius 3 is 2.75 bits per heavy atom. The van der Waals surface area contributed by atoms with Crippen LogP contribution in [0.5, 0.6) is 0 Å². The second-order valence-electron chi connectivity index (χ2n) is 5.91. The number of hydrogen-bond donors (Lipinski definition) is 2. The van der Waals surface area contributed by atoms with E-state index in [-0.39, 0.29) is 11.4 Å². The Balaban J connectivity index is 1.96. The van der Waals surface area contributed by atoms with Crippen molar-refractivity contribution in [3.8, 4) is 0 Å². The smallest absolute Gasteiger partial charge is 0.263 e. The second-order valence-corrected chi connectivity index (χ2v) is 7.81. The maximum Gasteiger partial charge on any atom is 0.263 e. The molecule has 1 heterocycles. The first kappa shape index (κ1) is 13.9. The molecule has 0 saturated heterocycles. The van der Waals surface area contributed by atoms with Crippen molar-refractivity contribution in [3.05, 3.63) is 27.5 Å². The lowest BCUT2D eigenvalue weighted by molar-refractivity contribution is 0.0908. The monoisotopic (exact) mass is 352 g/mol. The predicted molar refractivity (Wildman–Crippen MR) is 88.2 cm³/mol. The number of nitrogens with two attached hydrogens (primary N) is 1. The fourth-order valence-electron chi connectivity index (χ4n) is 2.55. The lowest BCUT2D eigenvalue weighted by Crippen LogP contribution is -2.45. The molecule has 106 valence electrons. The van der Waals surface area contributed by atoms with Crippen LogP contribution >= 0.6 is 27.3 Å². The molecular formula is C15H17BrN2OS. The van der Waals surface area contributed by atoms with Gasteiger partial charge in [0.1, 0.15) is 4.88 Å². The third-order valence-corrected chi connectivity index (χ3v) is 5.77. The van der Waals surface area contributed by atoms with Gasteiger partial charge in [0.05, 0.1) is 5.69 Å². The molecule has 1 saturated carbocycles. The predicted octanol–water partition coefficient (Wildman–Crippen LogP) is 4.16. The van der Waals surface area contributed by atoms with Crippen LogP contribution < -0.4 is 11.1 Å². The minimum Gasteiger partial charge on any atom is -0.397 e. The zero-order chi connectivity index (χ0) is 14.5. The normalized spacial score (nSPS) is 15.6. The summed E-state index contributed by atoms with van der Waals surface area (Å²) < 4.78 is 1.97. The van der Waals surface area contributed by atoms with Crippen LogP contribution in [0.25, 0.3) is 10.1 Å². The first-order valence-electron chi connectivity index (χ1n) is 6.69. The number of fused-ring (bicyclic) bond motifs is 1. The number of nitrogen functional groups attached to an aromatic ring is 1. The van der Waals surface area contributed by atoms with E-state index < -0.39 is 0 Å². The molecule has 2 aromatic rings. The zero-order valence-corrected chi connectivity index (χ0v) is 13.9. The molecule has 3 rings (SSSR count). The summed E-state index contributed by atoms with van der Waals surface area (Å²) in [6.07, 6.45) is 2.39. The van der Waals surface area contributed by atoms with Crippen molar-refractivity contribution >= 4 is 48.9 Å². The Hall–Kier alpha value is -1.07. The number of rotatable bonds is 3. The molecule has 1 fully saturated rings. The van der Waals surface area contributed by atoms with Gasteiger partial charge in [0.2, 0.25) is 0 Å². The number of amides is 1. The van der Waals surface area contributed by atoms with E-state index in [4.69, 9.17) is 5.73 Å². The maximum absolute atomic E-state index is 12.5. The van der Waals surface area contributed by atoms with Crippen LogP contribution in [0.4, 0.5) is 5.69 Å². The van der Waals surface area contributed by atoms with Crippen molar-refractivity contribution in [2.75, 3.05) is 5.73 Å². The number of benzene rings is 1. The average Bonchev–Trinajstić information content (AvgIpc) is 3.15. The standard InChI is InChI=1S/C15H17BrN2OS/c1-15(2,8-6-7-8)18-14(19)13-12(17)11-9(16)4-3-5-10(11)20-13/h3-5,8H,6-7,17H2,1-2H3,(H,18,19). The van der Waals surface area contributed by atoms with E-state index in [9.17, 15) is 4.79 Å². The van der Waals surface area contributed by atoms with Crippen LogP contribution in [-0.2, 0) is 0 Å². The molecule has 0 spiro atoms. The minimum atomic E-state index is -0.156. The van der Waals surface area contributed by atoms with Crippen LogP contribution in [-0.4, -0.2) is 11.4 Å². The SMILES string of the molecule is CC(C)(NC(=O)c1sc2cccc(Br)c2c1N)C1CC1. The van der Waals surface area contributed by atoms with E-state index in [2.05, 4.69) is 35.1 Å². The molecule has 1 aliphatic carbocycles. The topological polar surface area (TPSA) is 55.1 Å². The number of anilines is 1. The van der Waals surface area contributed by atoms with Crippen molar-refractivity contribution < 1.29 is 4.79 Å². The Labute approximate surface area is 130 Å². The van der Waals surface area contributed by atoms with E-state index in [0.29, 0.717) is 16.5 Å². The summed E-state index contributed by atoms with van der Waals surface area (Å²) in [5.74, 6) is 0.529. The summed E-state index contributed by atoms with van der Waals surface area (Å²) in [6.45, 7) is 4.17. The van der Waals surface area contributed by atoms with Crippen molar-refractivity contribution in [2.45, 2.75) is 32.2 Å². The van der Waals surface area contributed by atoms with Crippen molar-refractivity contribution in [3.63, 3.8) is 0 Å². The largest absolute Gasteiger partial charge is 0.397 e. The average molecular weight is 353 g/mol. The van der Waals surface area contributed by atoms with Crippen LogP contribution in [0.1, 0.15) is 36.4 Å². The molecule has 0 radical (unpaired) electrons. The number of halogens is 1. The fraction of sp³-hybridized carbons (Fsp3) is 0.400. The molecule has 20 heavy (non-hydrogen) atoms. The van der Waals surface area contributed by atoms with Crippen LogP contribution in [0, 0.1) is 5.92 Å². The van der Waals surface area contributed by atoms with E-state index in [1.165, 1.54) is 24.2 Å². The summed E-state index contributed by atoms with van der Waals surface area (Å²) in [4.78, 5) is 13.1. The van der Waals surface area contributed by atoms with Crippen molar-refractivity contribution in [1.82, 2.24) is 5.32 Å². The number of nitrogens with one attached hydrogen (secondary N) is 1. The lowest BCUT2D eigenvalue weighted by Gasteiger charge is -2.25. The summed E-state index contributed by atoms with van der Waals surface area (Å²) in [5, 5.41) is 4.07. The summed E-state index contributed by atoms with van der Waals surface area (Å²) in [7, 11) is 0. The molecule has 1 aliphatic rings. The summed E-state index contributed by atoms with van der Waals surface area (Å²) >= 11 is 4.95. The first-order valence-corrected chi connectivity index (χ1v) is 8.30. The van der Waals surface area contributed by atoms with Crippen LogP contribution in [0.2, 0.25) is 0 Å². The van der Waals surface area contributed by atoms with Gasteiger partial charge in [-0.2, -0.15) is 0 Å². The maximum atomic E-state index is 12.5. The van der Waals surface area contributed by atoms with E-state index in [0.717, 1.165) is 14.6 Å². The van der Waals surface area contributed by atoms with Gasteiger partial charge in [-0.3, -0.25) is 4.79 Å². The van der Waals surface area contributed by atoms with Gasteiger partial charge in [-0.25, -0.2) is 0 Å². The first-order chi connectivity index (χ1) is 9.40. The molecule has 5 heteroatoms. The highest BCUT2D eigenvalue weighted by molar-refractivity contribution is 9.10. The van der Waals surface area contributed by atoms with Gasteiger partial charge < -0.3 is 11.1 Å². The van der Waals surface area contributed by atoms with Gasteiger partial charge in [-0.1, -0.05) is 22.0 Å². The van der Waals surface area contributed by atoms with Crippen LogP contribution in [0.3, 0.4) is 0 Å². The molecule has 1 amide bonds. The summed E-state index contributed by atoms with van der Waals surface area (Å²) in [5.41, 5.74) is 6.59. The number of hydrogen-bond acceptors (Lipinski definition) is 3. The molecular weight excluding hydrogens is 336 g/mol. The molecule has 0 unspecified atom stereocenters. The zero-order valence-electron chi connectivity index (χ0n) is 11.5. The van der Waals surface area contributed by atoms with Crippen LogP contribution in [0.15, 0.2) is 22.7 Å².